The third-order valence-electron chi connectivity index (χ3n) is 4.72. The number of hydrogen-bond acceptors (Lipinski definition) is 2. The van der Waals surface area contributed by atoms with E-state index in [1.165, 1.54) is 0 Å². The van der Waals surface area contributed by atoms with Crippen molar-refractivity contribution in [3.05, 3.63) is 0 Å². The molecule has 19 heavy (non-hydrogen) atoms. The summed E-state index contributed by atoms with van der Waals surface area (Å²) in [5.74, 6) is 0.677. The molecule has 4 nitrogen and oxygen atoms in total. The van der Waals surface area contributed by atoms with Crippen molar-refractivity contribution in [3.8, 4) is 0 Å². The number of nitrogens with zero attached hydrogens (tertiary/aromatic N) is 1. The van der Waals surface area contributed by atoms with Crippen LogP contribution < -0.4 is 5.32 Å². The minimum atomic E-state index is -0.588. The van der Waals surface area contributed by atoms with E-state index in [0.717, 1.165) is 38.6 Å². The lowest BCUT2D eigenvalue weighted by Gasteiger charge is -2.35. The number of carbonyl (C=O) groups is 2. The zero-order valence-electron chi connectivity index (χ0n) is 12.4. The van der Waals surface area contributed by atoms with Crippen molar-refractivity contribution < 1.29 is 9.59 Å². The summed E-state index contributed by atoms with van der Waals surface area (Å²) in [5.41, 5.74) is -0.588. The van der Waals surface area contributed by atoms with Crippen molar-refractivity contribution in [1.29, 1.82) is 0 Å². The SMILES string of the molecule is CCC(C)CN1C(=O)C2(CCCC2)NC(=O)CC1C. The number of hydrogen-bond donors (Lipinski definition) is 1. The first-order valence-corrected chi connectivity index (χ1v) is 7.60. The van der Waals surface area contributed by atoms with Gasteiger partial charge in [-0.05, 0) is 25.7 Å². The highest BCUT2D eigenvalue weighted by Crippen LogP contribution is 2.34. The van der Waals surface area contributed by atoms with Crippen LogP contribution >= 0.6 is 0 Å². The second kappa shape index (κ2) is 5.51. The van der Waals surface area contributed by atoms with Gasteiger partial charge in [0, 0.05) is 19.0 Å². The maximum absolute atomic E-state index is 12.9. The van der Waals surface area contributed by atoms with Crippen LogP contribution in [0.5, 0.6) is 0 Å². The number of nitrogens with one attached hydrogen (secondary N) is 1. The fraction of sp³-hybridized carbons (Fsp3) is 0.867. The zero-order chi connectivity index (χ0) is 14.0. The summed E-state index contributed by atoms with van der Waals surface area (Å²) in [5, 5.41) is 3.03. The molecule has 1 aliphatic carbocycles. The van der Waals surface area contributed by atoms with E-state index in [0.29, 0.717) is 12.3 Å². The van der Waals surface area contributed by atoms with Gasteiger partial charge in [-0.25, -0.2) is 0 Å². The van der Waals surface area contributed by atoms with Crippen LogP contribution in [0.1, 0.15) is 59.3 Å². The first-order valence-electron chi connectivity index (χ1n) is 7.60. The summed E-state index contributed by atoms with van der Waals surface area (Å²) in [4.78, 5) is 26.9. The largest absolute Gasteiger partial charge is 0.342 e. The fourth-order valence-electron chi connectivity index (χ4n) is 3.27. The van der Waals surface area contributed by atoms with Gasteiger partial charge in [0.2, 0.25) is 11.8 Å². The molecule has 2 aliphatic rings. The van der Waals surface area contributed by atoms with Crippen LogP contribution in [0.25, 0.3) is 0 Å². The van der Waals surface area contributed by atoms with Crippen LogP contribution in [-0.2, 0) is 9.59 Å². The van der Waals surface area contributed by atoms with Gasteiger partial charge in [0.15, 0.2) is 0 Å². The van der Waals surface area contributed by atoms with Crippen LogP contribution in [0.4, 0.5) is 0 Å². The monoisotopic (exact) mass is 266 g/mol. The van der Waals surface area contributed by atoms with E-state index in [1.807, 2.05) is 11.8 Å². The van der Waals surface area contributed by atoms with Gasteiger partial charge in [0.25, 0.3) is 0 Å². The Hall–Kier alpha value is -1.06. The molecular formula is C15H26N2O2. The van der Waals surface area contributed by atoms with E-state index >= 15 is 0 Å². The molecule has 2 unspecified atom stereocenters. The Kier molecular flexibility index (Phi) is 4.16. The average molecular weight is 266 g/mol. The lowest BCUT2D eigenvalue weighted by molar-refractivity contribution is -0.140. The van der Waals surface area contributed by atoms with Crippen molar-refractivity contribution in [2.24, 2.45) is 5.92 Å². The molecule has 0 bridgehead atoms. The average Bonchev–Trinajstić information content (AvgIpc) is 2.80. The number of rotatable bonds is 3. The van der Waals surface area contributed by atoms with E-state index in [2.05, 4.69) is 19.2 Å². The molecule has 2 rings (SSSR count). The Morgan fingerprint density at radius 1 is 1.37 bits per heavy atom. The molecule has 2 fully saturated rings. The lowest BCUT2D eigenvalue weighted by atomic mass is 9.95. The van der Waals surface area contributed by atoms with Crippen molar-refractivity contribution in [1.82, 2.24) is 10.2 Å². The smallest absolute Gasteiger partial charge is 0.248 e. The predicted octanol–water partition coefficient (Wildman–Crippen LogP) is 2.08. The highest BCUT2D eigenvalue weighted by Gasteiger charge is 2.48. The van der Waals surface area contributed by atoms with Crippen LogP contribution in [0.15, 0.2) is 0 Å². The van der Waals surface area contributed by atoms with Crippen LogP contribution in [0.3, 0.4) is 0 Å². The molecule has 0 aromatic rings. The summed E-state index contributed by atoms with van der Waals surface area (Å²) in [6, 6.07) is 0.0153. The maximum Gasteiger partial charge on any atom is 0.248 e. The van der Waals surface area contributed by atoms with Gasteiger partial charge in [0.05, 0.1) is 0 Å². The second-order valence-electron chi connectivity index (χ2n) is 6.36. The molecule has 0 radical (unpaired) electrons. The number of carbonyl (C=O) groups excluding carboxylic acids is 2. The standard InChI is InChI=1S/C15H26N2O2/c1-4-11(2)10-17-12(3)9-13(18)16-15(14(17)19)7-5-6-8-15/h11-12H,4-10H2,1-3H3,(H,16,18). The van der Waals surface area contributed by atoms with Crippen molar-refractivity contribution >= 4 is 11.8 Å². The van der Waals surface area contributed by atoms with Gasteiger partial charge in [0.1, 0.15) is 5.54 Å². The molecule has 2 atom stereocenters. The molecule has 1 saturated heterocycles. The quantitative estimate of drug-likeness (QED) is 0.850. The Balaban J connectivity index is 2.24. The van der Waals surface area contributed by atoms with E-state index < -0.39 is 5.54 Å². The Labute approximate surface area is 115 Å². The van der Waals surface area contributed by atoms with E-state index in [1.54, 1.807) is 0 Å². The molecule has 1 saturated carbocycles. The van der Waals surface area contributed by atoms with Crippen molar-refractivity contribution in [3.63, 3.8) is 0 Å². The van der Waals surface area contributed by atoms with Crippen molar-refractivity contribution in [2.45, 2.75) is 70.9 Å². The van der Waals surface area contributed by atoms with E-state index in [-0.39, 0.29) is 17.9 Å². The molecule has 108 valence electrons. The highest BCUT2D eigenvalue weighted by molar-refractivity contribution is 5.94. The third-order valence-corrected chi connectivity index (χ3v) is 4.72. The highest BCUT2D eigenvalue weighted by atomic mass is 16.2. The van der Waals surface area contributed by atoms with Gasteiger partial charge in [-0.1, -0.05) is 33.1 Å². The van der Waals surface area contributed by atoms with Crippen molar-refractivity contribution in [2.75, 3.05) is 6.54 Å². The second-order valence-corrected chi connectivity index (χ2v) is 6.36. The summed E-state index contributed by atoms with van der Waals surface area (Å²) < 4.78 is 0. The minimum Gasteiger partial charge on any atom is -0.342 e. The maximum atomic E-state index is 12.9. The molecule has 1 heterocycles. The summed E-state index contributed by atoms with van der Waals surface area (Å²) in [6.45, 7) is 7.08. The van der Waals surface area contributed by atoms with Gasteiger partial charge < -0.3 is 10.2 Å². The predicted molar refractivity (Wildman–Crippen MR) is 74.6 cm³/mol. The topological polar surface area (TPSA) is 49.4 Å². The van der Waals surface area contributed by atoms with Gasteiger partial charge in [-0.15, -0.1) is 0 Å². The molecule has 1 spiro atoms. The molecule has 0 aromatic heterocycles. The first kappa shape index (κ1) is 14.4. The van der Waals surface area contributed by atoms with Crippen LogP contribution in [-0.4, -0.2) is 34.8 Å². The zero-order valence-corrected chi connectivity index (χ0v) is 12.4. The molecule has 1 aliphatic heterocycles. The Morgan fingerprint density at radius 3 is 2.58 bits per heavy atom. The van der Waals surface area contributed by atoms with Gasteiger partial charge in [-0.2, -0.15) is 0 Å². The molecule has 4 heteroatoms. The van der Waals surface area contributed by atoms with E-state index in [9.17, 15) is 9.59 Å². The van der Waals surface area contributed by atoms with Crippen LogP contribution in [0, 0.1) is 5.92 Å². The Morgan fingerprint density at radius 2 is 2.00 bits per heavy atom. The summed E-state index contributed by atoms with van der Waals surface area (Å²) in [7, 11) is 0. The van der Waals surface area contributed by atoms with E-state index in [4.69, 9.17) is 0 Å². The summed E-state index contributed by atoms with van der Waals surface area (Å²) in [6.07, 6.45) is 5.19. The lowest BCUT2D eigenvalue weighted by Crippen LogP contribution is -2.56. The molecule has 1 N–H and O–H groups in total. The van der Waals surface area contributed by atoms with Gasteiger partial charge >= 0.3 is 0 Å². The normalized spacial score (nSPS) is 28.4. The van der Waals surface area contributed by atoms with Crippen LogP contribution in [0.2, 0.25) is 0 Å². The summed E-state index contributed by atoms with van der Waals surface area (Å²) >= 11 is 0. The third kappa shape index (κ3) is 2.77. The fourth-order valence-corrected chi connectivity index (χ4v) is 3.27. The van der Waals surface area contributed by atoms with Gasteiger partial charge in [-0.3, -0.25) is 9.59 Å². The Bertz CT molecular complexity index is 361. The minimum absolute atomic E-state index is 0.0153. The molecule has 0 aromatic carbocycles. The first-order chi connectivity index (χ1) is 8.98. The molecule has 2 amide bonds. The number of amides is 2. The molecular weight excluding hydrogens is 240 g/mol.